The van der Waals surface area contributed by atoms with Gasteiger partial charge >= 0.3 is 0 Å². The number of nitrogen functional groups attached to an aromatic ring is 1. The average molecular weight is 311 g/mol. The molecule has 1 aromatic heterocycles. The van der Waals surface area contributed by atoms with Crippen LogP contribution >= 0.6 is 11.6 Å². The van der Waals surface area contributed by atoms with Crippen molar-refractivity contribution in [3.63, 3.8) is 0 Å². The number of ether oxygens (including phenoxy) is 1. The van der Waals surface area contributed by atoms with E-state index in [9.17, 15) is 0 Å². The lowest BCUT2D eigenvalue weighted by Crippen LogP contribution is -1.89. The molecular formula is C16H11ClN4O. The number of nitrogens with two attached hydrogens (primary N) is 1. The molecule has 0 unspecified atom stereocenters. The Balaban J connectivity index is 1.94. The normalized spacial score (nSPS) is 10.2. The van der Waals surface area contributed by atoms with Gasteiger partial charge in [0.1, 0.15) is 23.1 Å². The predicted molar refractivity (Wildman–Crippen MR) is 84.7 cm³/mol. The molecule has 0 aliphatic rings. The second kappa shape index (κ2) is 5.80. The van der Waals surface area contributed by atoms with E-state index in [2.05, 4.69) is 10.2 Å². The lowest BCUT2D eigenvalue weighted by Gasteiger charge is -2.08. The molecular weight excluding hydrogens is 300 g/mol. The number of nitrogens with one attached hydrogen (secondary N) is 1. The number of aromatic nitrogens is 2. The summed E-state index contributed by atoms with van der Waals surface area (Å²) in [6.45, 7) is 0. The Labute approximate surface area is 131 Å². The largest absolute Gasteiger partial charge is 0.457 e. The van der Waals surface area contributed by atoms with Crippen LogP contribution in [0.1, 0.15) is 5.56 Å². The van der Waals surface area contributed by atoms with E-state index in [0.717, 1.165) is 5.75 Å². The number of para-hydroxylation sites is 1. The van der Waals surface area contributed by atoms with Gasteiger partial charge in [0.25, 0.3) is 0 Å². The average Bonchev–Trinajstić information content (AvgIpc) is 2.89. The molecule has 0 aliphatic carbocycles. The van der Waals surface area contributed by atoms with Crippen LogP contribution < -0.4 is 10.5 Å². The maximum absolute atomic E-state index is 9.13. The summed E-state index contributed by atoms with van der Waals surface area (Å²) in [6, 6.07) is 16.6. The third-order valence-electron chi connectivity index (χ3n) is 3.09. The molecule has 3 aromatic rings. The highest BCUT2D eigenvalue weighted by Gasteiger charge is 2.15. The summed E-state index contributed by atoms with van der Waals surface area (Å²) in [4.78, 5) is 0. The number of benzene rings is 2. The SMILES string of the molecule is N#Cc1c(N)n[nH]c1-c1ccc(Oc2ccccc2)cc1Cl. The summed E-state index contributed by atoms with van der Waals surface area (Å²) in [5.74, 6) is 1.47. The van der Waals surface area contributed by atoms with E-state index in [-0.39, 0.29) is 11.4 Å². The number of hydrogen-bond donors (Lipinski definition) is 2. The van der Waals surface area contributed by atoms with Gasteiger partial charge in [0, 0.05) is 11.6 Å². The van der Waals surface area contributed by atoms with Gasteiger partial charge < -0.3 is 10.5 Å². The number of hydrogen-bond acceptors (Lipinski definition) is 4. The number of anilines is 1. The summed E-state index contributed by atoms with van der Waals surface area (Å²) < 4.78 is 5.71. The molecule has 22 heavy (non-hydrogen) atoms. The van der Waals surface area contributed by atoms with Crippen molar-refractivity contribution in [2.75, 3.05) is 5.73 Å². The molecule has 0 saturated heterocycles. The van der Waals surface area contributed by atoms with Gasteiger partial charge in [-0.1, -0.05) is 29.8 Å². The third kappa shape index (κ3) is 2.60. The van der Waals surface area contributed by atoms with E-state index < -0.39 is 0 Å². The van der Waals surface area contributed by atoms with E-state index in [1.165, 1.54) is 0 Å². The highest BCUT2D eigenvalue weighted by atomic mass is 35.5. The minimum Gasteiger partial charge on any atom is -0.457 e. The molecule has 0 saturated carbocycles. The van der Waals surface area contributed by atoms with Crippen molar-refractivity contribution in [3.8, 4) is 28.8 Å². The Hall–Kier alpha value is -2.97. The van der Waals surface area contributed by atoms with Crippen LogP contribution in [-0.4, -0.2) is 10.2 Å². The molecule has 6 heteroatoms. The first-order valence-electron chi connectivity index (χ1n) is 6.46. The quantitative estimate of drug-likeness (QED) is 0.766. The van der Waals surface area contributed by atoms with Crippen LogP contribution in [0, 0.1) is 11.3 Å². The van der Waals surface area contributed by atoms with E-state index in [4.69, 9.17) is 27.3 Å². The maximum atomic E-state index is 9.13. The summed E-state index contributed by atoms with van der Waals surface area (Å²) >= 11 is 6.29. The van der Waals surface area contributed by atoms with Crippen LogP contribution in [0.3, 0.4) is 0 Å². The van der Waals surface area contributed by atoms with Gasteiger partial charge in [-0.3, -0.25) is 5.10 Å². The van der Waals surface area contributed by atoms with Gasteiger partial charge in [-0.2, -0.15) is 10.4 Å². The maximum Gasteiger partial charge on any atom is 0.163 e. The summed E-state index contributed by atoms with van der Waals surface area (Å²) in [5.41, 5.74) is 7.05. The van der Waals surface area contributed by atoms with Gasteiger partial charge in [0.05, 0.1) is 10.7 Å². The standard InChI is InChI=1S/C16H11ClN4O/c17-14-8-11(22-10-4-2-1-3-5-10)6-7-12(14)15-13(9-18)16(19)21-20-15/h1-8H,(H3,19,20,21). The number of nitrogens with zero attached hydrogens (tertiary/aromatic N) is 2. The van der Waals surface area contributed by atoms with Gasteiger partial charge in [-0.25, -0.2) is 0 Å². The van der Waals surface area contributed by atoms with E-state index in [1.54, 1.807) is 18.2 Å². The monoisotopic (exact) mass is 310 g/mol. The molecule has 3 rings (SSSR count). The molecule has 0 atom stereocenters. The second-order valence-electron chi connectivity index (χ2n) is 4.53. The molecule has 1 heterocycles. The van der Waals surface area contributed by atoms with Crippen LogP contribution in [0.4, 0.5) is 5.82 Å². The Morgan fingerprint density at radius 2 is 1.91 bits per heavy atom. The zero-order chi connectivity index (χ0) is 15.5. The number of H-pyrrole nitrogens is 1. The molecule has 0 fully saturated rings. The predicted octanol–water partition coefficient (Wildman–Crippen LogP) is 3.98. The highest BCUT2D eigenvalue weighted by molar-refractivity contribution is 6.33. The van der Waals surface area contributed by atoms with Gasteiger partial charge in [0.2, 0.25) is 0 Å². The highest BCUT2D eigenvalue weighted by Crippen LogP contribution is 2.34. The summed E-state index contributed by atoms with van der Waals surface area (Å²) in [7, 11) is 0. The van der Waals surface area contributed by atoms with E-state index in [1.807, 2.05) is 36.4 Å². The smallest absolute Gasteiger partial charge is 0.163 e. The van der Waals surface area contributed by atoms with Crippen LogP contribution in [0.25, 0.3) is 11.3 Å². The van der Waals surface area contributed by atoms with Crippen LogP contribution in [-0.2, 0) is 0 Å². The fourth-order valence-electron chi connectivity index (χ4n) is 2.05. The van der Waals surface area contributed by atoms with Crippen molar-refractivity contribution < 1.29 is 4.74 Å². The molecule has 0 bridgehead atoms. The summed E-state index contributed by atoms with van der Waals surface area (Å²) in [6.07, 6.45) is 0. The first-order chi connectivity index (χ1) is 10.7. The van der Waals surface area contributed by atoms with Crippen molar-refractivity contribution in [1.82, 2.24) is 10.2 Å². The topological polar surface area (TPSA) is 87.7 Å². The lowest BCUT2D eigenvalue weighted by molar-refractivity contribution is 0.483. The van der Waals surface area contributed by atoms with Gasteiger partial charge in [-0.15, -0.1) is 0 Å². The van der Waals surface area contributed by atoms with E-state index in [0.29, 0.717) is 22.0 Å². The fraction of sp³-hybridized carbons (Fsp3) is 0. The minimum atomic E-state index is 0.151. The number of aromatic amines is 1. The Bertz CT molecular complexity index is 852. The summed E-state index contributed by atoms with van der Waals surface area (Å²) in [5, 5.41) is 16.1. The van der Waals surface area contributed by atoms with Crippen molar-refractivity contribution in [2.45, 2.75) is 0 Å². The van der Waals surface area contributed by atoms with Crippen molar-refractivity contribution in [2.24, 2.45) is 0 Å². The zero-order valence-electron chi connectivity index (χ0n) is 11.4. The van der Waals surface area contributed by atoms with Crippen molar-refractivity contribution in [1.29, 1.82) is 5.26 Å². The van der Waals surface area contributed by atoms with Gasteiger partial charge in [0.15, 0.2) is 5.82 Å². The number of rotatable bonds is 3. The van der Waals surface area contributed by atoms with Crippen LogP contribution in [0.2, 0.25) is 5.02 Å². The Kier molecular flexibility index (Phi) is 3.69. The Morgan fingerprint density at radius 1 is 1.14 bits per heavy atom. The molecule has 108 valence electrons. The first-order valence-corrected chi connectivity index (χ1v) is 6.83. The Morgan fingerprint density at radius 3 is 2.59 bits per heavy atom. The number of nitriles is 1. The zero-order valence-corrected chi connectivity index (χ0v) is 12.1. The molecule has 0 radical (unpaired) electrons. The molecule has 2 aromatic carbocycles. The molecule has 0 spiro atoms. The molecule has 5 nitrogen and oxygen atoms in total. The lowest BCUT2D eigenvalue weighted by atomic mass is 10.1. The van der Waals surface area contributed by atoms with Crippen molar-refractivity contribution in [3.05, 3.63) is 59.1 Å². The van der Waals surface area contributed by atoms with Crippen molar-refractivity contribution >= 4 is 17.4 Å². The number of halogens is 1. The van der Waals surface area contributed by atoms with Crippen LogP contribution in [0.15, 0.2) is 48.5 Å². The second-order valence-corrected chi connectivity index (χ2v) is 4.93. The molecule has 0 aliphatic heterocycles. The van der Waals surface area contributed by atoms with Gasteiger partial charge in [-0.05, 0) is 24.3 Å². The minimum absolute atomic E-state index is 0.151. The third-order valence-corrected chi connectivity index (χ3v) is 3.41. The van der Waals surface area contributed by atoms with E-state index >= 15 is 0 Å². The molecule has 3 N–H and O–H groups in total. The molecule has 0 amide bonds. The first kappa shape index (κ1) is 14.0. The van der Waals surface area contributed by atoms with Crippen LogP contribution in [0.5, 0.6) is 11.5 Å². The fourth-order valence-corrected chi connectivity index (χ4v) is 2.32.